The molecule has 0 radical (unpaired) electrons. The quantitative estimate of drug-likeness (QED) is 0.658. The van der Waals surface area contributed by atoms with Crippen molar-refractivity contribution in [2.45, 2.75) is 0 Å². The molecule has 1 rings (SSSR count). The van der Waals surface area contributed by atoms with E-state index in [0.717, 1.165) is 0 Å². The first-order valence-electron chi connectivity index (χ1n) is 2.18. The van der Waals surface area contributed by atoms with Crippen molar-refractivity contribution in [3.8, 4) is 0 Å². The smallest absolute Gasteiger partial charge is 0.0991 e. The Labute approximate surface area is 59.1 Å². The Morgan fingerprint density at radius 2 is 2.56 bits per heavy atom. The summed E-state index contributed by atoms with van der Waals surface area (Å²) in [6.07, 6.45) is 0. The van der Waals surface area contributed by atoms with Gasteiger partial charge in [-0.2, -0.15) is 0 Å². The lowest BCUT2D eigenvalue weighted by Crippen LogP contribution is -1.99. The summed E-state index contributed by atoms with van der Waals surface area (Å²) in [5, 5.41) is 2.44. The molecule has 0 aliphatic carbocycles. The van der Waals surface area contributed by atoms with Crippen molar-refractivity contribution in [2.75, 3.05) is 4.72 Å². The Morgan fingerprint density at radius 3 is 3.00 bits per heavy atom. The third kappa shape index (κ3) is 2.13. The van der Waals surface area contributed by atoms with Crippen molar-refractivity contribution < 1.29 is 8.76 Å². The summed E-state index contributed by atoms with van der Waals surface area (Å²) in [7, 11) is 0. The van der Waals surface area contributed by atoms with E-state index in [2.05, 4.69) is 4.72 Å². The fourth-order valence-electron chi connectivity index (χ4n) is 0.419. The summed E-state index contributed by atoms with van der Waals surface area (Å²) in [6, 6.07) is 3.47. The molecule has 1 aromatic heterocycles. The first kappa shape index (κ1) is 6.73. The van der Waals surface area contributed by atoms with Gasteiger partial charge in [-0.3, -0.25) is 4.21 Å². The van der Waals surface area contributed by atoms with Crippen LogP contribution in [0.5, 0.6) is 0 Å². The normalized spacial score (nSPS) is 13.0. The molecule has 0 fully saturated rings. The van der Waals surface area contributed by atoms with Crippen LogP contribution in [-0.2, 0) is 11.3 Å². The van der Waals surface area contributed by atoms with Gasteiger partial charge in [0, 0.05) is 11.3 Å². The molecule has 0 aliphatic rings. The average Bonchev–Trinajstić information content (AvgIpc) is 2.15. The molecular formula is C4H4NO2S2-. The number of nitrogens with one attached hydrogen (secondary N) is 1. The van der Waals surface area contributed by atoms with Gasteiger partial charge < -0.3 is 9.27 Å². The Kier molecular flexibility index (Phi) is 2.21. The lowest BCUT2D eigenvalue weighted by atomic mass is 10.6. The van der Waals surface area contributed by atoms with Gasteiger partial charge in [-0.05, 0) is 17.5 Å². The van der Waals surface area contributed by atoms with E-state index in [1.165, 1.54) is 11.3 Å². The first-order valence-corrected chi connectivity index (χ1v) is 4.14. The predicted octanol–water partition coefficient (Wildman–Crippen LogP) is 0.954. The van der Waals surface area contributed by atoms with Crippen LogP contribution in [0.25, 0.3) is 0 Å². The minimum atomic E-state index is -2.18. The Balaban J connectivity index is 2.58. The highest BCUT2D eigenvalue weighted by Gasteiger charge is 1.87. The number of hydrogen-bond donors (Lipinski definition) is 1. The summed E-state index contributed by atoms with van der Waals surface area (Å²) < 4.78 is 22.1. The summed E-state index contributed by atoms with van der Waals surface area (Å²) in [5.41, 5.74) is 0. The number of rotatable bonds is 2. The molecule has 1 N–H and O–H groups in total. The van der Waals surface area contributed by atoms with Gasteiger partial charge in [0.2, 0.25) is 0 Å². The molecule has 0 saturated heterocycles. The van der Waals surface area contributed by atoms with E-state index in [-0.39, 0.29) is 0 Å². The van der Waals surface area contributed by atoms with Crippen LogP contribution >= 0.6 is 11.3 Å². The zero-order valence-corrected chi connectivity index (χ0v) is 6.00. The highest BCUT2D eigenvalue weighted by molar-refractivity contribution is 7.80. The second kappa shape index (κ2) is 2.95. The molecule has 0 bridgehead atoms. The predicted molar refractivity (Wildman–Crippen MR) is 36.9 cm³/mol. The second-order valence-corrected chi connectivity index (χ2v) is 2.94. The van der Waals surface area contributed by atoms with Gasteiger partial charge in [0.05, 0.1) is 5.00 Å². The van der Waals surface area contributed by atoms with Crippen LogP contribution in [-0.4, -0.2) is 8.76 Å². The van der Waals surface area contributed by atoms with E-state index in [9.17, 15) is 8.76 Å². The van der Waals surface area contributed by atoms with Crippen LogP contribution in [0.3, 0.4) is 0 Å². The lowest BCUT2D eigenvalue weighted by Gasteiger charge is -2.03. The highest BCUT2D eigenvalue weighted by Crippen LogP contribution is 2.14. The number of anilines is 1. The summed E-state index contributed by atoms with van der Waals surface area (Å²) in [5.74, 6) is 0. The summed E-state index contributed by atoms with van der Waals surface area (Å²) >= 11 is -0.837. The second-order valence-electron chi connectivity index (χ2n) is 1.31. The van der Waals surface area contributed by atoms with Crippen LogP contribution in [0.1, 0.15) is 0 Å². The highest BCUT2D eigenvalue weighted by atomic mass is 32.2. The third-order valence-electron chi connectivity index (χ3n) is 0.705. The largest absolute Gasteiger partial charge is 0.755 e. The van der Waals surface area contributed by atoms with Gasteiger partial charge in [0.1, 0.15) is 0 Å². The fraction of sp³-hybridized carbons (Fsp3) is 0. The van der Waals surface area contributed by atoms with Crippen molar-refractivity contribution in [1.29, 1.82) is 0 Å². The molecule has 50 valence electrons. The molecule has 0 aliphatic heterocycles. The molecule has 9 heavy (non-hydrogen) atoms. The van der Waals surface area contributed by atoms with Gasteiger partial charge >= 0.3 is 0 Å². The van der Waals surface area contributed by atoms with Gasteiger partial charge in [-0.15, -0.1) is 11.3 Å². The van der Waals surface area contributed by atoms with E-state index in [0.29, 0.717) is 5.00 Å². The fourth-order valence-corrected chi connectivity index (χ4v) is 1.51. The number of hydrogen-bond acceptors (Lipinski definition) is 3. The molecule has 1 aromatic rings. The van der Waals surface area contributed by atoms with E-state index in [1.54, 1.807) is 17.5 Å². The van der Waals surface area contributed by atoms with Crippen LogP contribution in [0.2, 0.25) is 0 Å². The standard InChI is InChI=1S/C4H5NO2S2/c6-9(7)5-4-2-1-3-8-4/h1-3,5H,(H,6,7)/p-1. The number of thiophene rings is 1. The molecule has 1 heterocycles. The van der Waals surface area contributed by atoms with Crippen LogP contribution < -0.4 is 4.72 Å². The van der Waals surface area contributed by atoms with Crippen molar-refractivity contribution in [2.24, 2.45) is 0 Å². The molecule has 0 saturated carbocycles. The molecule has 0 amide bonds. The van der Waals surface area contributed by atoms with Crippen molar-refractivity contribution in [3.63, 3.8) is 0 Å². The molecular weight excluding hydrogens is 158 g/mol. The summed E-state index contributed by atoms with van der Waals surface area (Å²) in [6.45, 7) is 0. The minimum absolute atomic E-state index is 0.642. The first-order chi connectivity index (χ1) is 4.29. The maximum Gasteiger partial charge on any atom is 0.0991 e. The van der Waals surface area contributed by atoms with Crippen molar-refractivity contribution >= 4 is 27.6 Å². The summed E-state index contributed by atoms with van der Waals surface area (Å²) in [4.78, 5) is 0. The van der Waals surface area contributed by atoms with E-state index in [4.69, 9.17) is 0 Å². The average molecular weight is 162 g/mol. The van der Waals surface area contributed by atoms with Gasteiger partial charge in [-0.25, -0.2) is 0 Å². The maximum absolute atomic E-state index is 9.96. The molecule has 0 spiro atoms. The zero-order chi connectivity index (χ0) is 6.69. The van der Waals surface area contributed by atoms with E-state index >= 15 is 0 Å². The Bertz CT molecular complexity index is 196. The Morgan fingerprint density at radius 1 is 1.78 bits per heavy atom. The van der Waals surface area contributed by atoms with Crippen molar-refractivity contribution in [3.05, 3.63) is 17.5 Å². The maximum atomic E-state index is 9.96. The van der Waals surface area contributed by atoms with Crippen LogP contribution in [0.15, 0.2) is 17.5 Å². The van der Waals surface area contributed by atoms with Crippen LogP contribution in [0, 0.1) is 0 Å². The van der Waals surface area contributed by atoms with Gasteiger partial charge in [-0.1, -0.05) is 0 Å². The molecule has 5 heteroatoms. The zero-order valence-electron chi connectivity index (χ0n) is 4.37. The van der Waals surface area contributed by atoms with Gasteiger partial charge in [0.25, 0.3) is 0 Å². The lowest BCUT2D eigenvalue weighted by molar-refractivity contribution is 0.543. The molecule has 1 unspecified atom stereocenters. The molecule has 0 aromatic carbocycles. The van der Waals surface area contributed by atoms with Crippen molar-refractivity contribution in [1.82, 2.24) is 0 Å². The monoisotopic (exact) mass is 162 g/mol. The van der Waals surface area contributed by atoms with Crippen LogP contribution in [0.4, 0.5) is 5.00 Å². The SMILES string of the molecule is O=S([O-])Nc1cccs1. The minimum Gasteiger partial charge on any atom is -0.755 e. The molecule has 3 nitrogen and oxygen atoms in total. The third-order valence-corrected chi connectivity index (χ3v) is 2.01. The van der Waals surface area contributed by atoms with E-state index in [1.807, 2.05) is 0 Å². The molecule has 1 atom stereocenters. The van der Waals surface area contributed by atoms with Gasteiger partial charge in [0.15, 0.2) is 0 Å². The topological polar surface area (TPSA) is 52.2 Å². The van der Waals surface area contributed by atoms with E-state index < -0.39 is 11.3 Å². The Hall–Kier alpha value is -0.390.